The van der Waals surface area contributed by atoms with Crippen LogP contribution in [0.3, 0.4) is 0 Å². The van der Waals surface area contributed by atoms with Crippen LogP contribution in [0.4, 0.5) is 5.82 Å². The number of morpholine rings is 1. The van der Waals surface area contributed by atoms with Crippen molar-refractivity contribution in [3.63, 3.8) is 0 Å². The first-order chi connectivity index (χ1) is 15.1. The number of carbonyl (C=O) groups is 1. The smallest absolute Gasteiger partial charge is 0.256 e. The molecule has 1 fully saturated rings. The number of nitrogen functional groups attached to an aromatic ring is 1. The number of hydrogen-bond acceptors (Lipinski definition) is 6. The first-order valence-corrected chi connectivity index (χ1v) is 10.3. The van der Waals surface area contributed by atoms with Crippen LogP contribution in [0.15, 0.2) is 71.5 Å². The van der Waals surface area contributed by atoms with E-state index in [0.717, 1.165) is 32.8 Å². The summed E-state index contributed by atoms with van der Waals surface area (Å²) in [6.07, 6.45) is 0. The van der Waals surface area contributed by atoms with E-state index in [1.54, 1.807) is 48.5 Å². The van der Waals surface area contributed by atoms with E-state index in [0.29, 0.717) is 23.6 Å². The van der Waals surface area contributed by atoms with Crippen molar-refractivity contribution in [1.29, 1.82) is 0 Å². The van der Waals surface area contributed by atoms with Gasteiger partial charge in [-0.3, -0.25) is 19.1 Å². The lowest BCUT2D eigenvalue weighted by molar-refractivity contribution is 0.0322. The van der Waals surface area contributed by atoms with Gasteiger partial charge in [-0.15, -0.1) is 0 Å². The Morgan fingerprint density at radius 1 is 0.968 bits per heavy atom. The third-order valence-electron chi connectivity index (χ3n) is 5.29. The fourth-order valence-corrected chi connectivity index (χ4v) is 3.57. The van der Waals surface area contributed by atoms with Crippen molar-refractivity contribution in [3.8, 4) is 11.4 Å². The average molecular weight is 419 g/mol. The lowest BCUT2D eigenvalue weighted by atomic mass is 10.0. The normalized spacial score (nSPS) is 14.3. The lowest BCUT2D eigenvalue weighted by Crippen LogP contribution is -2.38. The van der Waals surface area contributed by atoms with Gasteiger partial charge in [-0.05, 0) is 30.3 Å². The van der Waals surface area contributed by atoms with Gasteiger partial charge in [0.15, 0.2) is 5.78 Å². The molecule has 0 saturated carbocycles. The van der Waals surface area contributed by atoms with Gasteiger partial charge in [0, 0.05) is 31.3 Å². The zero-order valence-electron chi connectivity index (χ0n) is 17.2. The summed E-state index contributed by atoms with van der Waals surface area (Å²) in [5.41, 5.74) is 7.33. The van der Waals surface area contributed by atoms with Crippen LogP contribution in [0.5, 0.6) is 5.75 Å². The largest absolute Gasteiger partial charge is 0.492 e. The first-order valence-electron chi connectivity index (χ1n) is 10.3. The predicted octanol–water partition coefficient (Wildman–Crippen LogP) is 2.36. The van der Waals surface area contributed by atoms with Crippen LogP contribution < -0.4 is 16.0 Å². The van der Waals surface area contributed by atoms with E-state index in [1.165, 1.54) is 16.7 Å². The van der Waals surface area contributed by atoms with E-state index >= 15 is 0 Å². The highest BCUT2D eigenvalue weighted by atomic mass is 16.5. The summed E-state index contributed by atoms with van der Waals surface area (Å²) < 4.78 is 12.5. The minimum Gasteiger partial charge on any atom is -0.492 e. The van der Waals surface area contributed by atoms with Gasteiger partial charge in [0.05, 0.1) is 24.5 Å². The number of nitrogens with zero attached hydrogens (tertiary/aromatic N) is 2. The quantitative estimate of drug-likeness (QED) is 0.592. The molecule has 160 valence electrons. The highest BCUT2D eigenvalue weighted by Crippen LogP contribution is 2.21. The van der Waals surface area contributed by atoms with Crippen LogP contribution in [-0.4, -0.2) is 54.7 Å². The Kier molecular flexibility index (Phi) is 6.45. The lowest BCUT2D eigenvalue weighted by Gasteiger charge is -2.26. The number of hydrogen-bond donors (Lipinski definition) is 1. The Hall–Kier alpha value is -3.42. The molecular formula is C24H25N3O4. The van der Waals surface area contributed by atoms with Crippen molar-refractivity contribution in [3.05, 3.63) is 88.2 Å². The molecule has 7 nitrogen and oxygen atoms in total. The molecule has 2 aromatic carbocycles. The summed E-state index contributed by atoms with van der Waals surface area (Å²) in [4.78, 5) is 27.6. The summed E-state index contributed by atoms with van der Waals surface area (Å²) in [7, 11) is 0. The molecule has 0 bridgehead atoms. The molecular weight excluding hydrogens is 394 g/mol. The van der Waals surface area contributed by atoms with Crippen molar-refractivity contribution < 1.29 is 14.3 Å². The molecule has 0 amide bonds. The molecule has 0 atom stereocenters. The van der Waals surface area contributed by atoms with Gasteiger partial charge in [-0.2, -0.15) is 0 Å². The van der Waals surface area contributed by atoms with E-state index in [2.05, 4.69) is 4.90 Å². The standard InChI is InChI=1S/C24H25N3O4/c25-24-21(23(29)18-4-2-1-3-5-18)10-11-22(28)27(24)19-6-8-20(9-7-19)31-17-14-26-12-15-30-16-13-26/h1-11H,12-17,25H2. The van der Waals surface area contributed by atoms with Gasteiger partial charge in [-0.1, -0.05) is 30.3 Å². The number of ether oxygens (including phenoxy) is 2. The van der Waals surface area contributed by atoms with Crippen LogP contribution in [0.1, 0.15) is 15.9 Å². The van der Waals surface area contributed by atoms with Crippen molar-refractivity contribution >= 4 is 11.6 Å². The number of rotatable bonds is 7. The molecule has 2 N–H and O–H groups in total. The van der Waals surface area contributed by atoms with Gasteiger partial charge < -0.3 is 15.2 Å². The molecule has 0 unspecified atom stereocenters. The van der Waals surface area contributed by atoms with Crippen molar-refractivity contribution in [1.82, 2.24) is 9.47 Å². The molecule has 4 rings (SSSR count). The second-order valence-corrected chi connectivity index (χ2v) is 7.30. The minimum absolute atomic E-state index is 0.113. The number of ketones is 1. The Bertz CT molecular complexity index is 1090. The van der Waals surface area contributed by atoms with E-state index < -0.39 is 0 Å². The van der Waals surface area contributed by atoms with Gasteiger partial charge in [0.2, 0.25) is 0 Å². The number of benzene rings is 2. The molecule has 0 aliphatic carbocycles. The zero-order valence-corrected chi connectivity index (χ0v) is 17.2. The Balaban J connectivity index is 1.50. The molecule has 1 aliphatic heterocycles. The SMILES string of the molecule is Nc1c(C(=O)c2ccccc2)ccc(=O)n1-c1ccc(OCCN2CCOCC2)cc1. The van der Waals surface area contributed by atoms with Gasteiger partial charge in [0.1, 0.15) is 18.2 Å². The highest BCUT2D eigenvalue weighted by Gasteiger charge is 2.17. The van der Waals surface area contributed by atoms with Crippen LogP contribution in [-0.2, 0) is 4.74 Å². The van der Waals surface area contributed by atoms with E-state index in [-0.39, 0.29) is 22.7 Å². The summed E-state index contributed by atoms with van der Waals surface area (Å²) in [5, 5.41) is 0. The maximum absolute atomic E-state index is 12.8. The molecule has 3 aromatic rings. The predicted molar refractivity (Wildman–Crippen MR) is 119 cm³/mol. The molecule has 0 spiro atoms. The van der Waals surface area contributed by atoms with Gasteiger partial charge in [0.25, 0.3) is 5.56 Å². The van der Waals surface area contributed by atoms with E-state index in [1.807, 2.05) is 6.07 Å². The third kappa shape index (κ3) is 4.84. The Morgan fingerprint density at radius 2 is 1.68 bits per heavy atom. The number of anilines is 1. The molecule has 31 heavy (non-hydrogen) atoms. The monoisotopic (exact) mass is 419 g/mol. The average Bonchev–Trinajstić information content (AvgIpc) is 2.81. The van der Waals surface area contributed by atoms with Crippen LogP contribution in [0.2, 0.25) is 0 Å². The third-order valence-corrected chi connectivity index (χ3v) is 5.29. The van der Waals surface area contributed by atoms with Gasteiger partial charge >= 0.3 is 0 Å². The van der Waals surface area contributed by atoms with Crippen molar-refractivity contribution in [2.24, 2.45) is 0 Å². The summed E-state index contributed by atoms with van der Waals surface area (Å²) in [6.45, 7) is 4.77. The number of pyridine rings is 1. The van der Waals surface area contributed by atoms with Crippen LogP contribution in [0.25, 0.3) is 5.69 Å². The van der Waals surface area contributed by atoms with Gasteiger partial charge in [-0.25, -0.2) is 0 Å². The van der Waals surface area contributed by atoms with Crippen LogP contribution >= 0.6 is 0 Å². The fraction of sp³-hybridized carbons (Fsp3) is 0.250. The minimum atomic E-state index is -0.303. The van der Waals surface area contributed by atoms with Crippen molar-refractivity contribution in [2.75, 3.05) is 45.2 Å². The number of carbonyl (C=O) groups excluding carboxylic acids is 1. The topological polar surface area (TPSA) is 86.8 Å². The molecule has 1 saturated heterocycles. The molecule has 1 aromatic heterocycles. The van der Waals surface area contributed by atoms with Crippen molar-refractivity contribution in [2.45, 2.75) is 0 Å². The van der Waals surface area contributed by atoms with E-state index in [9.17, 15) is 9.59 Å². The maximum Gasteiger partial charge on any atom is 0.256 e. The zero-order chi connectivity index (χ0) is 21.6. The van der Waals surface area contributed by atoms with Crippen LogP contribution in [0, 0.1) is 0 Å². The molecule has 0 radical (unpaired) electrons. The maximum atomic E-state index is 12.8. The Morgan fingerprint density at radius 3 is 2.39 bits per heavy atom. The highest BCUT2D eigenvalue weighted by molar-refractivity contribution is 6.11. The molecule has 7 heteroatoms. The Labute approximate surface area is 180 Å². The molecule has 1 aliphatic rings. The second kappa shape index (κ2) is 9.59. The second-order valence-electron chi connectivity index (χ2n) is 7.30. The summed E-state index contributed by atoms with van der Waals surface area (Å²) >= 11 is 0. The van der Waals surface area contributed by atoms with E-state index in [4.69, 9.17) is 15.2 Å². The molecule has 2 heterocycles. The summed E-state index contributed by atoms with van der Waals surface area (Å²) in [5.74, 6) is 0.595. The number of nitrogens with two attached hydrogens (primary N) is 1. The first kappa shape index (κ1) is 20.8. The fourth-order valence-electron chi connectivity index (χ4n) is 3.57. The number of aromatic nitrogens is 1. The summed E-state index contributed by atoms with van der Waals surface area (Å²) in [6, 6.07) is 18.8.